The molecule has 1 heterocycles. The van der Waals surface area contributed by atoms with Crippen LogP contribution >= 0.6 is 0 Å². The van der Waals surface area contributed by atoms with Gasteiger partial charge in [-0.25, -0.2) is 4.98 Å². The second-order valence-electron chi connectivity index (χ2n) is 4.93. The van der Waals surface area contributed by atoms with Crippen LogP contribution in [0.1, 0.15) is 11.1 Å². The molecule has 0 atom stereocenters. The molecular weight excluding hydrogens is 276 g/mol. The third-order valence-electron chi connectivity index (χ3n) is 3.33. The van der Waals surface area contributed by atoms with E-state index in [0.717, 1.165) is 22.2 Å². The van der Waals surface area contributed by atoms with Crippen LogP contribution in [0.15, 0.2) is 48.5 Å². The summed E-state index contributed by atoms with van der Waals surface area (Å²) in [5.41, 5.74) is 2.33. The van der Waals surface area contributed by atoms with Crippen molar-refractivity contribution >= 4 is 10.9 Å². The van der Waals surface area contributed by atoms with Crippen LogP contribution in [0.5, 0.6) is 17.4 Å². The molecule has 0 aliphatic carbocycles. The molecule has 22 heavy (non-hydrogen) atoms. The second-order valence-corrected chi connectivity index (χ2v) is 4.93. The molecule has 4 heteroatoms. The fourth-order valence-electron chi connectivity index (χ4n) is 2.17. The topological polar surface area (TPSA) is 55.1 Å². The Labute approximate surface area is 128 Å². The third kappa shape index (κ3) is 2.70. The predicted octanol–water partition coefficient (Wildman–Crippen LogP) is 4.22. The van der Waals surface area contributed by atoms with Gasteiger partial charge in [-0.05, 0) is 48.9 Å². The molecule has 0 radical (unpaired) electrons. The van der Waals surface area contributed by atoms with Gasteiger partial charge in [-0.3, -0.25) is 0 Å². The summed E-state index contributed by atoms with van der Waals surface area (Å²) in [4.78, 5) is 4.47. The number of nitriles is 1. The number of ether oxygens (including phenoxy) is 2. The molecular formula is C18H14N2O2. The molecule has 0 unspecified atom stereocenters. The fraction of sp³-hybridized carbons (Fsp3) is 0.111. The maximum atomic E-state index is 9.30. The summed E-state index contributed by atoms with van der Waals surface area (Å²) in [6.07, 6.45) is 0. The van der Waals surface area contributed by atoms with E-state index in [-0.39, 0.29) is 0 Å². The minimum Gasteiger partial charge on any atom is -0.497 e. The van der Waals surface area contributed by atoms with Gasteiger partial charge in [-0.15, -0.1) is 0 Å². The lowest BCUT2D eigenvalue weighted by Gasteiger charge is -2.09. The molecule has 3 aromatic rings. The number of hydrogen-bond acceptors (Lipinski definition) is 4. The fourth-order valence-corrected chi connectivity index (χ4v) is 2.17. The van der Waals surface area contributed by atoms with E-state index in [9.17, 15) is 5.26 Å². The standard InChI is InChI=1S/C18H14N2O2/c1-12-3-4-13-10-14(11-19)18(20-17(13)9-12)22-16-7-5-15(21-2)6-8-16/h3-10H,1-2H3. The average molecular weight is 290 g/mol. The van der Waals surface area contributed by atoms with Gasteiger partial charge in [0.25, 0.3) is 0 Å². The van der Waals surface area contributed by atoms with Crippen LogP contribution in [0.3, 0.4) is 0 Å². The molecule has 0 saturated heterocycles. The first kappa shape index (κ1) is 13.9. The Morgan fingerprint density at radius 1 is 1.00 bits per heavy atom. The Hall–Kier alpha value is -3.06. The van der Waals surface area contributed by atoms with E-state index < -0.39 is 0 Å². The normalized spacial score (nSPS) is 10.2. The van der Waals surface area contributed by atoms with Crippen molar-refractivity contribution in [2.75, 3.05) is 7.11 Å². The van der Waals surface area contributed by atoms with Gasteiger partial charge in [0.05, 0.1) is 12.6 Å². The highest BCUT2D eigenvalue weighted by atomic mass is 16.5. The number of rotatable bonds is 3. The number of aryl methyl sites for hydroxylation is 1. The van der Waals surface area contributed by atoms with Gasteiger partial charge in [0.2, 0.25) is 5.88 Å². The zero-order chi connectivity index (χ0) is 15.5. The Bertz CT molecular complexity index is 865. The quantitative estimate of drug-likeness (QED) is 0.725. The van der Waals surface area contributed by atoms with Crippen molar-refractivity contribution in [2.24, 2.45) is 0 Å². The van der Waals surface area contributed by atoms with Crippen molar-refractivity contribution in [2.45, 2.75) is 6.92 Å². The van der Waals surface area contributed by atoms with Gasteiger partial charge in [-0.1, -0.05) is 12.1 Å². The summed E-state index contributed by atoms with van der Waals surface area (Å²) >= 11 is 0. The molecule has 0 amide bonds. The largest absolute Gasteiger partial charge is 0.497 e. The van der Waals surface area contributed by atoms with E-state index in [4.69, 9.17) is 9.47 Å². The number of nitrogens with zero attached hydrogens (tertiary/aromatic N) is 2. The van der Waals surface area contributed by atoms with Crippen LogP contribution in [-0.4, -0.2) is 12.1 Å². The average Bonchev–Trinajstić information content (AvgIpc) is 2.55. The van der Waals surface area contributed by atoms with E-state index in [2.05, 4.69) is 11.1 Å². The number of benzene rings is 2. The summed E-state index contributed by atoms with van der Waals surface area (Å²) in [5, 5.41) is 10.2. The molecule has 0 aliphatic heterocycles. The minimum absolute atomic E-state index is 0.311. The molecule has 0 aliphatic rings. The molecule has 1 aromatic heterocycles. The Morgan fingerprint density at radius 2 is 1.73 bits per heavy atom. The lowest BCUT2D eigenvalue weighted by molar-refractivity contribution is 0.412. The Morgan fingerprint density at radius 3 is 2.41 bits per heavy atom. The van der Waals surface area contributed by atoms with Crippen LogP contribution in [0.25, 0.3) is 10.9 Å². The molecule has 108 valence electrons. The van der Waals surface area contributed by atoms with Gasteiger partial charge in [0.1, 0.15) is 23.1 Å². The third-order valence-corrected chi connectivity index (χ3v) is 3.33. The van der Waals surface area contributed by atoms with E-state index in [1.165, 1.54) is 0 Å². The van der Waals surface area contributed by atoms with Crippen molar-refractivity contribution in [3.05, 3.63) is 59.7 Å². The zero-order valence-electron chi connectivity index (χ0n) is 12.3. The smallest absolute Gasteiger partial charge is 0.237 e. The molecule has 2 aromatic carbocycles. The van der Waals surface area contributed by atoms with Crippen LogP contribution < -0.4 is 9.47 Å². The molecule has 0 fully saturated rings. The van der Waals surface area contributed by atoms with E-state index in [1.807, 2.05) is 25.1 Å². The van der Waals surface area contributed by atoms with Crippen molar-refractivity contribution < 1.29 is 9.47 Å². The molecule has 0 spiro atoms. The van der Waals surface area contributed by atoms with Crippen molar-refractivity contribution in [1.82, 2.24) is 4.98 Å². The summed E-state index contributed by atoms with van der Waals surface area (Å²) in [6.45, 7) is 2.00. The summed E-state index contributed by atoms with van der Waals surface area (Å²) in [5.74, 6) is 1.66. The van der Waals surface area contributed by atoms with Crippen molar-refractivity contribution in [1.29, 1.82) is 5.26 Å². The monoisotopic (exact) mass is 290 g/mol. The van der Waals surface area contributed by atoms with Crippen LogP contribution in [-0.2, 0) is 0 Å². The van der Waals surface area contributed by atoms with E-state index >= 15 is 0 Å². The molecule has 0 bridgehead atoms. The first-order chi connectivity index (χ1) is 10.7. The van der Waals surface area contributed by atoms with Crippen LogP contribution in [0.2, 0.25) is 0 Å². The highest BCUT2D eigenvalue weighted by molar-refractivity contribution is 5.81. The van der Waals surface area contributed by atoms with E-state index in [0.29, 0.717) is 17.2 Å². The summed E-state index contributed by atoms with van der Waals surface area (Å²) in [6, 6.07) is 17.0. The highest BCUT2D eigenvalue weighted by Crippen LogP contribution is 2.28. The predicted molar refractivity (Wildman–Crippen MR) is 84.3 cm³/mol. The van der Waals surface area contributed by atoms with E-state index in [1.54, 1.807) is 37.4 Å². The zero-order valence-corrected chi connectivity index (χ0v) is 12.3. The lowest BCUT2D eigenvalue weighted by Crippen LogP contribution is -1.93. The highest BCUT2D eigenvalue weighted by Gasteiger charge is 2.09. The molecule has 0 N–H and O–H groups in total. The molecule has 3 rings (SSSR count). The number of aromatic nitrogens is 1. The van der Waals surface area contributed by atoms with Crippen LogP contribution in [0, 0.1) is 18.3 Å². The first-order valence-corrected chi connectivity index (χ1v) is 6.83. The molecule has 0 saturated carbocycles. The SMILES string of the molecule is COc1ccc(Oc2nc3cc(C)ccc3cc2C#N)cc1. The molecule has 4 nitrogen and oxygen atoms in total. The van der Waals surface area contributed by atoms with Gasteiger partial charge < -0.3 is 9.47 Å². The summed E-state index contributed by atoms with van der Waals surface area (Å²) < 4.78 is 10.9. The van der Waals surface area contributed by atoms with Gasteiger partial charge in [0.15, 0.2) is 0 Å². The lowest BCUT2D eigenvalue weighted by atomic mass is 10.1. The number of pyridine rings is 1. The Balaban J connectivity index is 2.02. The van der Waals surface area contributed by atoms with Gasteiger partial charge in [-0.2, -0.15) is 5.26 Å². The number of methoxy groups -OCH3 is 1. The van der Waals surface area contributed by atoms with Crippen LogP contribution in [0.4, 0.5) is 0 Å². The maximum Gasteiger partial charge on any atom is 0.237 e. The van der Waals surface area contributed by atoms with Gasteiger partial charge in [0, 0.05) is 5.39 Å². The number of fused-ring (bicyclic) bond motifs is 1. The maximum absolute atomic E-state index is 9.30. The summed E-state index contributed by atoms with van der Waals surface area (Å²) in [7, 11) is 1.61. The second kappa shape index (κ2) is 5.74. The minimum atomic E-state index is 0.311. The first-order valence-electron chi connectivity index (χ1n) is 6.83. The van der Waals surface area contributed by atoms with Crippen molar-refractivity contribution in [3.63, 3.8) is 0 Å². The van der Waals surface area contributed by atoms with Crippen molar-refractivity contribution in [3.8, 4) is 23.4 Å². The number of hydrogen-bond donors (Lipinski definition) is 0. The van der Waals surface area contributed by atoms with Gasteiger partial charge >= 0.3 is 0 Å². The Kier molecular flexibility index (Phi) is 3.63.